The van der Waals surface area contributed by atoms with Crippen molar-refractivity contribution in [1.82, 2.24) is 4.90 Å². The molecule has 0 saturated carbocycles. The number of nitrogens with zero attached hydrogens (tertiary/aromatic N) is 2. The third-order valence-corrected chi connectivity index (χ3v) is 3.40. The van der Waals surface area contributed by atoms with Gasteiger partial charge in [-0.1, -0.05) is 11.6 Å². The Bertz CT molecular complexity index is 589. The first-order valence-electron chi connectivity index (χ1n) is 5.82. The first-order valence-corrected chi connectivity index (χ1v) is 6.19. The minimum Gasteiger partial charge on any atom is -0.481 e. The summed E-state index contributed by atoms with van der Waals surface area (Å²) >= 11 is 5.80. The summed E-state index contributed by atoms with van der Waals surface area (Å²) in [5.74, 6) is -2.13. The number of carboxylic acid groups (broad SMARTS) is 1. The zero-order chi connectivity index (χ0) is 14.9. The van der Waals surface area contributed by atoms with Gasteiger partial charge in [0, 0.05) is 24.1 Å². The molecule has 1 aliphatic heterocycles. The highest BCUT2D eigenvalue weighted by molar-refractivity contribution is 6.30. The molecule has 2 rings (SSSR count). The maximum Gasteiger partial charge on any atom is 0.308 e. The molecular weight excluding hydrogens is 288 g/mol. The maximum atomic E-state index is 11.7. The molecule has 1 heterocycles. The van der Waals surface area contributed by atoms with Gasteiger partial charge in [0.2, 0.25) is 5.91 Å². The number of benzene rings is 1. The molecule has 1 unspecified atom stereocenters. The number of likely N-dealkylation sites (tertiary alicyclic amines) is 1. The van der Waals surface area contributed by atoms with Crippen LogP contribution in [0.15, 0.2) is 18.2 Å². The predicted molar refractivity (Wildman–Crippen MR) is 69.3 cm³/mol. The van der Waals surface area contributed by atoms with Crippen LogP contribution < -0.4 is 0 Å². The van der Waals surface area contributed by atoms with Gasteiger partial charge in [0.25, 0.3) is 5.69 Å². The lowest BCUT2D eigenvalue weighted by Crippen LogP contribution is -2.26. The van der Waals surface area contributed by atoms with Crippen LogP contribution in [0.3, 0.4) is 0 Å². The summed E-state index contributed by atoms with van der Waals surface area (Å²) in [6, 6.07) is 4.09. The third kappa shape index (κ3) is 2.88. The molecule has 20 heavy (non-hydrogen) atoms. The van der Waals surface area contributed by atoms with Crippen molar-refractivity contribution in [1.29, 1.82) is 0 Å². The minimum absolute atomic E-state index is 0.0144. The standard InChI is InChI=1S/C12H11ClN2O5/c13-9-1-2-10(15(19)20)7(3-9)5-14-6-8(12(17)18)4-11(14)16/h1-3,8H,4-6H2,(H,17,18). The van der Waals surface area contributed by atoms with E-state index in [-0.39, 0.29) is 31.1 Å². The third-order valence-electron chi connectivity index (χ3n) is 3.16. The number of nitro groups is 1. The lowest BCUT2D eigenvalue weighted by Gasteiger charge is -2.16. The summed E-state index contributed by atoms with van der Waals surface area (Å²) in [5.41, 5.74) is 0.155. The number of hydrogen-bond donors (Lipinski definition) is 1. The Hall–Kier alpha value is -2.15. The van der Waals surface area contributed by atoms with Gasteiger partial charge < -0.3 is 10.0 Å². The highest BCUT2D eigenvalue weighted by atomic mass is 35.5. The van der Waals surface area contributed by atoms with Crippen molar-refractivity contribution in [2.24, 2.45) is 5.92 Å². The SMILES string of the molecule is O=C(O)C1CC(=O)N(Cc2cc(Cl)ccc2[N+](=O)[O-])C1. The molecule has 1 aliphatic rings. The number of aliphatic carboxylic acids is 1. The van der Waals surface area contributed by atoms with Gasteiger partial charge in [0.05, 0.1) is 22.9 Å². The Morgan fingerprint density at radius 2 is 2.25 bits per heavy atom. The number of amides is 1. The molecule has 0 bridgehead atoms. The van der Waals surface area contributed by atoms with Crippen LogP contribution in [-0.2, 0) is 16.1 Å². The molecular formula is C12H11ClN2O5. The van der Waals surface area contributed by atoms with Crippen LogP contribution in [0.4, 0.5) is 5.69 Å². The van der Waals surface area contributed by atoms with Crippen molar-refractivity contribution in [2.75, 3.05) is 6.54 Å². The Morgan fingerprint density at radius 1 is 1.55 bits per heavy atom. The smallest absolute Gasteiger partial charge is 0.308 e. The molecule has 8 heteroatoms. The molecule has 1 fully saturated rings. The van der Waals surface area contributed by atoms with E-state index in [1.165, 1.54) is 23.1 Å². The van der Waals surface area contributed by atoms with E-state index in [2.05, 4.69) is 0 Å². The Balaban J connectivity index is 2.22. The molecule has 1 N–H and O–H groups in total. The van der Waals surface area contributed by atoms with E-state index in [9.17, 15) is 19.7 Å². The monoisotopic (exact) mass is 298 g/mol. The number of nitro benzene ring substituents is 1. The summed E-state index contributed by atoms with van der Waals surface area (Å²) in [6.45, 7) is 0.0390. The molecule has 0 spiro atoms. The van der Waals surface area contributed by atoms with E-state index >= 15 is 0 Å². The van der Waals surface area contributed by atoms with Crippen LogP contribution in [-0.4, -0.2) is 33.4 Å². The topological polar surface area (TPSA) is 101 Å². The Kier molecular flexibility index (Phi) is 3.89. The number of carboxylic acids is 1. The van der Waals surface area contributed by atoms with Crippen molar-refractivity contribution in [3.8, 4) is 0 Å². The van der Waals surface area contributed by atoms with Crippen LogP contribution >= 0.6 is 11.6 Å². The summed E-state index contributed by atoms with van der Waals surface area (Å²) in [4.78, 5) is 34.3. The fourth-order valence-corrected chi connectivity index (χ4v) is 2.35. The van der Waals surface area contributed by atoms with Gasteiger partial charge >= 0.3 is 5.97 Å². The van der Waals surface area contributed by atoms with E-state index in [0.29, 0.717) is 10.6 Å². The lowest BCUT2D eigenvalue weighted by atomic mass is 10.1. The average molecular weight is 299 g/mol. The molecule has 1 aromatic rings. The van der Waals surface area contributed by atoms with Crippen LogP contribution in [0.2, 0.25) is 5.02 Å². The van der Waals surface area contributed by atoms with Gasteiger partial charge in [-0.15, -0.1) is 0 Å². The minimum atomic E-state index is -1.04. The maximum absolute atomic E-state index is 11.7. The second-order valence-electron chi connectivity index (χ2n) is 4.54. The molecule has 106 valence electrons. The van der Waals surface area contributed by atoms with E-state index in [0.717, 1.165) is 0 Å². The van der Waals surface area contributed by atoms with Gasteiger partial charge in [-0.2, -0.15) is 0 Å². The molecule has 1 aromatic carbocycles. The van der Waals surface area contributed by atoms with Gasteiger partial charge in [-0.3, -0.25) is 19.7 Å². The highest BCUT2D eigenvalue weighted by Crippen LogP contribution is 2.27. The molecule has 0 radical (unpaired) electrons. The zero-order valence-corrected chi connectivity index (χ0v) is 11.0. The summed E-state index contributed by atoms with van der Waals surface area (Å²) < 4.78 is 0. The van der Waals surface area contributed by atoms with Crippen LogP contribution in [0.1, 0.15) is 12.0 Å². The molecule has 1 atom stereocenters. The Morgan fingerprint density at radius 3 is 2.80 bits per heavy atom. The largest absolute Gasteiger partial charge is 0.481 e. The predicted octanol–water partition coefficient (Wildman–Crippen LogP) is 1.68. The van der Waals surface area contributed by atoms with E-state index in [1.54, 1.807) is 0 Å². The average Bonchev–Trinajstić information content (AvgIpc) is 2.71. The fraction of sp³-hybridized carbons (Fsp3) is 0.333. The van der Waals surface area contributed by atoms with Crippen molar-refractivity contribution >= 4 is 29.2 Å². The molecule has 0 aliphatic carbocycles. The Labute approximate surface area is 118 Å². The molecule has 1 amide bonds. The van der Waals surface area contributed by atoms with Crippen molar-refractivity contribution in [3.63, 3.8) is 0 Å². The second-order valence-corrected chi connectivity index (χ2v) is 4.98. The van der Waals surface area contributed by atoms with E-state index < -0.39 is 16.8 Å². The van der Waals surface area contributed by atoms with E-state index in [4.69, 9.17) is 16.7 Å². The molecule has 1 saturated heterocycles. The van der Waals surface area contributed by atoms with Crippen LogP contribution in [0.25, 0.3) is 0 Å². The first kappa shape index (κ1) is 14.3. The number of halogens is 1. The van der Waals surface area contributed by atoms with Gasteiger partial charge in [0.1, 0.15) is 0 Å². The number of carbonyl (C=O) groups excluding carboxylic acids is 1. The first-order chi connectivity index (χ1) is 9.38. The second kappa shape index (κ2) is 5.46. The van der Waals surface area contributed by atoms with E-state index in [1.807, 2.05) is 0 Å². The van der Waals surface area contributed by atoms with Crippen molar-refractivity contribution in [2.45, 2.75) is 13.0 Å². The zero-order valence-electron chi connectivity index (χ0n) is 10.3. The molecule has 0 aromatic heterocycles. The fourth-order valence-electron chi connectivity index (χ4n) is 2.15. The summed E-state index contributed by atoms with van der Waals surface area (Å²) in [6.07, 6.45) is -0.0797. The van der Waals surface area contributed by atoms with Gasteiger partial charge in [0.15, 0.2) is 0 Å². The molecule has 7 nitrogen and oxygen atoms in total. The highest BCUT2D eigenvalue weighted by Gasteiger charge is 2.35. The number of carbonyl (C=O) groups is 2. The lowest BCUT2D eigenvalue weighted by molar-refractivity contribution is -0.385. The van der Waals surface area contributed by atoms with Crippen LogP contribution in [0, 0.1) is 16.0 Å². The van der Waals surface area contributed by atoms with Gasteiger partial charge in [-0.25, -0.2) is 0 Å². The van der Waals surface area contributed by atoms with Crippen molar-refractivity contribution < 1.29 is 19.6 Å². The quantitative estimate of drug-likeness (QED) is 0.673. The summed E-state index contributed by atoms with van der Waals surface area (Å²) in [7, 11) is 0. The van der Waals surface area contributed by atoms with Gasteiger partial charge in [-0.05, 0) is 12.1 Å². The number of rotatable bonds is 4. The summed E-state index contributed by atoms with van der Waals surface area (Å²) in [5, 5.41) is 20.1. The normalized spacial score (nSPS) is 18.4. The van der Waals surface area contributed by atoms with Crippen molar-refractivity contribution in [3.05, 3.63) is 38.9 Å². The number of hydrogen-bond acceptors (Lipinski definition) is 4. The van der Waals surface area contributed by atoms with Crippen LogP contribution in [0.5, 0.6) is 0 Å².